The highest BCUT2D eigenvalue weighted by molar-refractivity contribution is 5.93. The second kappa shape index (κ2) is 7.04. The van der Waals surface area contributed by atoms with Crippen molar-refractivity contribution in [1.29, 1.82) is 0 Å². The molecule has 7 heteroatoms. The van der Waals surface area contributed by atoms with E-state index in [1.165, 1.54) is 4.57 Å². The average molecular weight is 342 g/mol. The SMILES string of the molecule is Cc1cc(C)nc(O[C@@H]2CCCN(C(=O)c3cccn(C)c3=O)C2)n1. The van der Waals surface area contributed by atoms with Gasteiger partial charge in [0.1, 0.15) is 11.7 Å². The minimum absolute atomic E-state index is 0.175. The summed E-state index contributed by atoms with van der Waals surface area (Å²) < 4.78 is 7.30. The van der Waals surface area contributed by atoms with Crippen LogP contribution in [-0.2, 0) is 7.05 Å². The number of carbonyl (C=O) groups excluding carboxylic acids is 1. The van der Waals surface area contributed by atoms with Crippen molar-refractivity contribution >= 4 is 5.91 Å². The third-order valence-electron chi connectivity index (χ3n) is 4.25. The fourth-order valence-corrected chi connectivity index (χ4v) is 3.04. The van der Waals surface area contributed by atoms with Crippen molar-refractivity contribution < 1.29 is 9.53 Å². The maximum atomic E-state index is 12.7. The first-order valence-electron chi connectivity index (χ1n) is 8.38. The molecule has 1 atom stereocenters. The molecule has 0 N–H and O–H groups in total. The molecule has 7 nitrogen and oxygen atoms in total. The molecule has 0 aliphatic carbocycles. The summed E-state index contributed by atoms with van der Waals surface area (Å²) in [6.07, 6.45) is 3.10. The first-order valence-corrected chi connectivity index (χ1v) is 8.38. The van der Waals surface area contributed by atoms with Crippen LogP contribution in [0, 0.1) is 13.8 Å². The van der Waals surface area contributed by atoms with E-state index in [9.17, 15) is 9.59 Å². The first kappa shape index (κ1) is 17.1. The molecule has 0 aromatic carbocycles. The van der Waals surface area contributed by atoms with E-state index in [1.54, 1.807) is 30.3 Å². The van der Waals surface area contributed by atoms with Gasteiger partial charge < -0.3 is 14.2 Å². The van der Waals surface area contributed by atoms with E-state index in [0.29, 0.717) is 19.1 Å². The molecular weight excluding hydrogens is 320 g/mol. The van der Waals surface area contributed by atoms with Crippen LogP contribution < -0.4 is 10.3 Å². The summed E-state index contributed by atoms with van der Waals surface area (Å²) in [4.78, 5) is 35.1. The Balaban J connectivity index is 1.73. The van der Waals surface area contributed by atoms with Gasteiger partial charge in [-0.3, -0.25) is 9.59 Å². The lowest BCUT2D eigenvalue weighted by molar-refractivity contribution is 0.0513. The Labute approximate surface area is 146 Å². The lowest BCUT2D eigenvalue weighted by Gasteiger charge is -2.32. The molecule has 0 bridgehead atoms. The lowest BCUT2D eigenvalue weighted by atomic mass is 10.1. The predicted octanol–water partition coefficient (Wildman–Crippen LogP) is 1.48. The molecular formula is C18H22N4O3. The zero-order valence-corrected chi connectivity index (χ0v) is 14.7. The van der Waals surface area contributed by atoms with E-state index in [4.69, 9.17) is 4.74 Å². The monoisotopic (exact) mass is 342 g/mol. The number of nitrogens with zero attached hydrogens (tertiary/aromatic N) is 4. The quantitative estimate of drug-likeness (QED) is 0.844. The van der Waals surface area contributed by atoms with Crippen molar-refractivity contribution in [3.8, 4) is 6.01 Å². The smallest absolute Gasteiger partial charge is 0.317 e. The van der Waals surface area contributed by atoms with Crippen LogP contribution in [-0.4, -0.2) is 44.5 Å². The number of aryl methyl sites for hydroxylation is 3. The minimum Gasteiger partial charge on any atom is -0.458 e. The molecule has 3 heterocycles. The first-order chi connectivity index (χ1) is 11.9. The summed E-state index contributed by atoms with van der Waals surface area (Å²) in [5.41, 5.74) is 1.60. The molecule has 2 aromatic rings. The summed E-state index contributed by atoms with van der Waals surface area (Å²) in [7, 11) is 1.64. The Hall–Kier alpha value is -2.70. The van der Waals surface area contributed by atoms with Gasteiger partial charge in [-0.1, -0.05) is 0 Å². The summed E-state index contributed by atoms with van der Waals surface area (Å²) in [6.45, 7) is 4.82. The van der Waals surface area contributed by atoms with E-state index >= 15 is 0 Å². The van der Waals surface area contributed by atoms with Crippen molar-refractivity contribution in [1.82, 2.24) is 19.4 Å². The number of amides is 1. The number of pyridine rings is 1. The second-order valence-corrected chi connectivity index (χ2v) is 6.40. The van der Waals surface area contributed by atoms with Crippen LogP contribution in [0.4, 0.5) is 0 Å². The molecule has 0 unspecified atom stereocenters. The third kappa shape index (κ3) is 3.87. The number of carbonyl (C=O) groups is 1. The van der Waals surface area contributed by atoms with Crippen LogP contribution >= 0.6 is 0 Å². The molecule has 0 radical (unpaired) electrons. The Kier molecular flexibility index (Phi) is 4.83. The molecule has 1 fully saturated rings. The van der Waals surface area contributed by atoms with Gasteiger partial charge in [0.15, 0.2) is 0 Å². The Morgan fingerprint density at radius 2 is 2.00 bits per heavy atom. The number of piperidine rings is 1. The van der Waals surface area contributed by atoms with Crippen molar-refractivity contribution in [2.24, 2.45) is 7.05 Å². The fourth-order valence-electron chi connectivity index (χ4n) is 3.04. The normalized spacial score (nSPS) is 17.4. The fraction of sp³-hybridized carbons (Fsp3) is 0.444. The minimum atomic E-state index is -0.284. The largest absolute Gasteiger partial charge is 0.458 e. The average Bonchev–Trinajstić information content (AvgIpc) is 2.56. The van der Waals surface area contributed by atoms with Gasteiger partial charge in [0.05, 0.1) is 6.54 Å². The second-order valence-electron chi connectivity index (χ2n) is 6.40. The van der Waals surface area contributed by atoms with Gasteiger partial charge in [-0.2, -0.15) is 0 Å². The van der Waals surface area contributed by atoms with Crippen LogP contribution in [0.25, 0.3) is 0 Å². The number of likely N-dealkylation sites (tertiary alicyclic amines) is 1. The Morgan fingerprint density at radius 1 is 1.28 bits per heavy atom. The van der Waals surface area contributed by atoms with Crippen molar-refractivity contribution in [3.63, 3.8) is 0 Å². The van der Waals surface area contributed by atoms with Crippen molar-refractivity contribution in [2.45, 2.75) is 32.8 Å². The van der Waals surface area contributed by atoms with Crippen LogP contribution in [0.15, 0.2) is 29.2 Å². The third-order valence-corrected chi connectivity index (χ3v) is 4.25. The molecule has 0 spiro atoms. The highest BCUT2D eigenvalue weighted by atomic mass is 16.5. The van der Waals surface area contributed by atoms with Gasteiger partial charge in [-0.15, -0.1) is 0 Å². The molecule has 3 rings (SSSR count). The van der Waals surface area contributed by atoms with Crippen LogP contribution in [0.1, 0.15) is 34.6 Å². The van der Waals surface area contributed by atoms with Crippen LogP contribution in [0.2, 0.25) is 0 Å². The van der Waals surface area contributed by atoms with E-state index in [2.05, 4.69) is 9.97 Å². The summed E-state index contributed by atoms with van der Waals surface area (Å²) in [6, 6.07) is 5.50. The molecule has 1 amide bonds. The Morgan fingerprint density at radius 3 is 2.72 bits per heavy atom. The van der Waals surface area contributed by atoms with Gasteiger partial charge in [0, 0.05) is 31.2 Å². The van der Waals surface area contributed by atoms with Gasteiger partial charge in [0.2, 0.25) is 0 Å². The van der Waals surface area contributed by atoms with Gasteiger partial charge in [0.25, 0.3) is 11.5 Å². The van der Waals surface area contributed by atoms with Crippen molar-refractivity contribution in [2.75, 3.05) is 13.1 Å². The molecule has 1 aliphatic heterocycles. The van der Waals surface area contributed by atoms with E-state index in [0.717, 1.165) is 24.2 Å². The van der Waals surface area contributed by atoms with Crippen molar-refractivity contribution in [3.05, 3.63) is 51.7 Å². The highest BCUT2D eigenvalue weighted by Gasteiger charge is 2.27. The maximum absolute atomic E-state index is 12.7. The molecule has 132 valence electrons. The molecule has 1 aliphatic rings. The topological polar surface area (TPSA) is 77.3 Å². The Bertz CT molecular complexity index is 826. The van der Waals surface area contributed by atoms with Gasteiger partial charge in [-0.25, -0.2) is 9.97 Å². The molecule has 1 saturated heterocycles. The van der Waals surface area contributed by atoms with Crippen LogP contribution in [0.3, 0.4) is 0 Å². The predicted molar refractivity (Wildman–Crippen MR) is 92.7 cm³/mol. The number of hydrogen-bond acceptors (Lipinski definition) is 5. The highest BCUT2D eigenvalue weighted by Crippen LogP contribution is 2.17. The van der Waals surface area contributed by atoms with E-state index in [-0.39, 0.29) is 23.1 Å². The summed E-state index contributed by atoms with van der Waals surface area (Å²) in [5.74, 6) is -0.254. The standard InChI is InChI=1S/C18H22N4O3/c1-12-10-13(2)20-18(19-12)25-14-6-4-9-22(11-14)17(24)15-7-5-8-21(3)16(15)23/h5,7-8,10,14H,4,6,9,11H2,1-3H3/t14-/m1/s1. The van der Waals surface area contributed by atoms with E-state index < -0.39 is 0 Å². The maximum Gasteiger partial charge on any atom is 0.317 e. The molecule has 0 saturated carbocycles. The van der Waals surface area contributed by atoms with Gasteiger partial charge in [-0.05, 0) is 44.9 Å². The van der Waals surface area contributed by atoms with Gasteiger partial charge >= 0.3 is 6.01 Å². The number of hydrogen-bond donors (Lipinski definition) is 0. The molecule has 2 aromatic heterocycles. The number of rotatable bonds is 3. The molecule has 25 heavy (non-hydrogen) atoms. The number of ether oxygens (including phenoxy) is 1. The zero-order valence-electron chi connectivity index (χ0n) is 14.7. The number of aromatic nitrogens is 3. The summed E-state index contributed by atoms with van der Waals surface area (Å²) in [5, 5.41) is 0. The van der Waals surface area contributed by atoms with E-state index in [1.807, 2.05) is 19.9 Å². The zero-order chi connectivity index (χ0) is 18.0. The lowest BCUT2D eigenvalue weighted by Crippen LogP contribution is -2.46. The summed E-state index contributed by atoms with van der Waals surface area (Å²) >= 11 is 0. The van der Waals surface area contributed by atoms with Crippen LogP contribution in [0.5, 0.6) is 6.01 Å².